The maximum atomic E-state index is 11.7. The SMILES string of the molecule is COc1ccc(CCNC(=O)CCC2C(=O)NNC2=O)cc1. The lowest BCUT2D eigenvalue weighted by Gasteiger charge is -2.07. The van der Waals surface area contributed by atoms with Crippen LogP contribution < -0.4 is 20.9 Å². The number of hydrazine groups is 1. The molecule has 22 heavy (non-hydrogen) atoms. The van der Waals surface area contributed by atoms with Crippen LogP contribution in [-0.4, -0.2) is 31.4 Å². The molecule has 7 nitrogen and oxygen atoms in total. The van der Waals surface area contributed by atoms with Crippen molar-refractivity contribution in [2.24, 2.45) is 5.92 Å². The number of hydrogen-bond acceptors (Lipinski definition) is 4. The molecule has 0 radical (unpaired) electrons. The summed E-state index contributed by atoms with van der Waals surface area (Å²) in [5.41, 5.74) is 5.57. The van der Waals surface area contributed by atoms with Gasteiger partial charge in [0.05, 0.1) is 7.11 Å². The highest BCUT2D eigenvalue weighted by atomic mass is 16.5. The smallest absolute Gasteiger partial charge is 0.251 e. The van der Waals surface area contributed by atoms with Crippen molar-refractivity contribution in [3.05, 3.63) is 29.8 Å². The highest BCUT2D eigenvalue weighted by Gasteiger charge is 2.32. The molecular formula is C15H19N3O4. The molecule has 0 spiro atoms. The fourth-order valence-electron chi connectivity index (χ4n) is 2.18. The Morgan fingerprint density at radius 2 is 1.82 bits per heavy atom. The van der Waals surface area contributed by atoms with Gasteiger partial charge in [-0.25, -0.2) is 0 Å². The van der Waals surface area contributed by atoms with Gasteiger partial charge in [0.1, 0.15) is 11.7 Å². The van der Waals surface area contributed by atoms with Crippen LogP contribution in [0.25, 0.3) is 0 Å². The Hall–Kier alpha value is -2.57. The van der Waals surface area contributed by atoms with E-state index < -0.39 is 5.92 Å². The van der Waals surface area contributed by atoms with Gasteiger partial charge < -0.3 is 10.1 Å². The van der Waals surface area contributed by atoms with Crippen molar-refractivity contribution in [3.63, 3.8) is 0 Å². The number of ether oxygens (including phenoxy) is 1. The van der Waals surface area contributed by atoms with Gasteiger partial charge in [0.25, 0.3) is 11.8 Å². The summed E-state index contributed by atoms with van der Waals surface area (Å²) in [4.78, 5) is 34.3. The van der Waals surface area contributed by atoms with Crippen LogP contribution >= 0.6 is 0 Å². The zero-order chi connectivity index (χ0) is 15.9. The molecule has 3 amide bonds. The van der Waals surface area contributed by atoms with Crippen LogP contribution in [-0.2, 0) is 20.8 Å². The van der Waals surface area contributed by atoms with E-state index in [-0.39, 0.29) is 30.6 Å². The number of benzene rings is 1. The summed E-state index contributed by atoms with van der Waals surface area (Å²) in [7, 11) is 1.61. The van der Waals surface area contributed by atoms with Crippen LogP contribution in [0.3, 0.4) is 0 Å². The maximum absolute atomic E-state index is 11.7. The summed E-state index contributed by atoms with van der Waals surface area (Å²) in [5, 5.41) is 2.78. The van der Waals surface area contributed by atoms with Gasteiger partial charge >= 0.3 is 0 Å². The van der Waals surface area contributed by atoms with E-state index in [4.69, 9.17) is 4.74 Å². The minimum Gasteiger partial charge on any atom is -0.497 e. The zero-order valence-electron chi connectivity index (χ0n) is 12.3. The molecule has 3 N–H and O–H groups in total. The third-order valence-electron chi connectivity index (χ3n) is 3.50. The molecule has 1 saturated heterocycles. The predicted octanol–water partition coefficient (Wildman–Crippen LogP) is -0.0887. The number of nitrogens with one attached hydrogen (secondary N) is 3. The Balaban J connectivity index is 1.67. The summed E-state index contributed by atoms with van der Waals surface area (Å²) >= 11 is 0. The van der Waals surface area contributed by atoms with Crippen molar-refractivity contribution in [2.75, 3.05) is 13.7 Å². The molecule has 1 aromatic carbocycles. The van der Waals surface area contributed by atoms with E-state index in [1.807, 2.05) is 24.3 Å². The van der Waals surface area contributed by atoms with E-state index in [2.05, 4.69) is 16.2 Å². The first-order valence-electron chi connectivity index (χ1n) is 7.09. The van der Waals surface area contributed by atoms with Gasteiger partial charge in [0.15, 0.2) is 0 Å². The lowest BCUT2D eigenvalue weighted by atomic mass is 10.0. The average molecular weight is 305 g/mol. The first-order chi connectivity index (χ1) is 10.6. The number of methoxy groups -OCH3 is 1. The van der Waals surface area contributed by atoms with Crippen molar-refractivity contribution in [1.29, 1.82) is 0 Å². The number of carbonyl (C=O) groups excluding carboxylic acids is 3. The molecule has 118 valence electrons. The largest absolute Gasteiger partial charge is 0.497 e. The van der Waals surface area contributed by atoms with Gasteiger partial charge in [0, 0.05) is 13.0 Å². The van der Waals surface area contributed by atoms with Crippen LogP contribution in [0, 0.1) is 5.92 Å². The lowest BCUT2D eigenvalue weighted by Crippen LogP contribution is -2.28. The van der Waals surface area contributed by atoms with Gasteiger partial charge in [-0.1, -0.05) is 12.1 Å². The maximum Gasteiger partial charge on any atom is 0.251 e. The van der Waals surface area contributed by atoms with Crippen LogP contribution in [0.4, 0.5) is 0 Å². The Labute approximate surface area is 128 Å². The summed E-state index contributed by atoms with van der Waals surface area (Å²) in [6.45, 7) is 0.508. The molecule has 1 aliphatic rings. The second-order valence-electron chi connectivity index (χ2n) is 5.02. The second kappa shape index (κ2) is 7.44. The van der Waals surface area contributed by atoms with Crippen LogP contribution in [0.2, 0.25) is 0 Å². The van der Waals surface area contributed by atoms with E-state index in [0.29, 0.717) is 13.0 Å². The van der Waals surface area contributed by atoms with E-state index >= 15 is 0 Å². The first-order valence-corrected chi connectivity index (χ1v) is 7.09. The third kappa shape index (κ3) is 4.21. The second-order valence-corrected chi connectivity index (χ2v) is 5.02. The molecule has 0 unspecified atom stereocenters. The van der Waals surface area contributed by atoms with Gasteiger partial charge in [0.2, 0.25) is 5.91 Å². The Morgan fingerprint density at radius 3 is 2.41 bits per heavy atom. The quantitative estimate of drug-likeness (QED) is 0.613. The lowest BCUT2D eigenvalue weighted by molar-refractivity contribution is -0.128. The molecule has 0 aliphatic carbocycles. The van der Waals surface area contributed by atoms with E-state index in [1.54, 1.807) is 7.11 Å². The minimum absolute atomic E-state index is 0.147. The van der Waals surface area contributed by atoms with Gasteiger partial charge in [-0.3, -0.25) is 25.2 Å². The van der Waals surface area contributed by atoms with Crippen molar-refractivity contribution in [1.82, 2.24) is 16.2 Å². The fraction of sp³-hybridized carbons (Fsp3) is 0.400. The molecule has 7 heteroatoms. The third-order valence-corrected chi connectivity index (χ3v) is 3.50. The van der Waals surface area contributed by atoms with Crippen molar-refractivity contribution in [3.8, 4) is 5.75 Å². The van der Waals surface area contributed by atoms with E-state index in [9.17, 15) is 14.4 Å². The molecular weight excluding hydrogens is 286 g/mol. The molecule has 1 aromatic rings. The van der Waals surface area contributed by atoms with Crippen LogP contribution in [0.5, 0.6) is 5.75 Å². The molecule has 0 atom stereocenters. The molecule has 0 aromatic heterocycles. The van der Waals surface area contributed by atoms with Crippen molar-refractivity contribution < 1.29 is 19.1 Å². The first kappa shape index (κ1) is 15.8. The number of carbonyl (C=O) groups is 3. The summed E-state index contributed by atoms with van der Waals surface area (Å²) in [6.07, 6.45) is 1.07. The highest BCUT2D eigenvalue weighted by molar-refractivity contribution is 6.05. The normalized spacial score (nSPS) is 14.4. The topological polar surface area (TPSA) is 96.5 Å². The number of hydrogen-bond donors (Lipinski definition) is 3. The Morgan fingerprint density at radius 1 is 1.18 bits per heavy atom. The Kier molecular flexibility index (Phi) is 5.35. The van der Waals surface area contributed by atoms with E-state index in [0.717, 1.165) is 11.3 Å². The highest BCUT2D eigenvalue weighted by Crippen LogP contribution is 2.12. The number of amides is 3. The fourth-order valence-corrected chi connectivity index (χ4v) is 2.18. The van der Waals surface area contributed by atoms with Gasteiger partial charge in [-0.2, -0.15) is 0 Å². The van der Waals surface area contributed by atoms with Crippen molar-refractivity contribution >= 4 is 17.7 Å². The molecule has 1 fully saturated rings. The van der Waals surface area contributed by atoms with E-state index in [1.165, 1.54) is 0 Å². The van der Waals surface area contributed by atoms with Gasteiger partial charge in [-0.15, -0.1) is 0 Å². The molecule has 1 aliphatic heterocycles. The number of rotatable bonds is 7. The molecule has 0 saturated carbocycles. The molecule has 0 bridgehead atoms. The van der Waals surface area contributed by atoms with Crippen LogP contribution in [0.15, 0.2) is 24.3 Å². The zero-order valence-corrected chi connectivity index (χ0v) is 12.3. The average Bonchev–Trinajstić information content (AvgIpc) is 2.84. The summed E-state index contributed by atoms with van der Waals surface area (Å²) in [6, 6.07) is 7.62. The summed E-state index contributed by atoms with van der Waals surface area (Å²) < 4.78 is 5.07. The standard InChI is InChI=1S/C15H19N3O4/c1-22-11-4-2-10(3-5-11)8-9-16-13(19)7-6-12-14(20)17-18-15(12)21/h2-5,12H,6-9H2,1H3,(H,16,19)(H,17,20)(H,18,21). The van der Waals surface area contributed by atoms with Crippen LogP contribution in [0.1, 0.15) is 18.4 Å². The Bertz CT molecular complexity index is 540. The summed E-state index contributed by atoms with van der Waals surface area (Å²) in [5.74, 6) is -0.902. The monoisotopic (exact) mass is 305 g/mol. The molecule has 2 rings (SSSR count). The predicted molar refractivity (Wildman–Crippen MR) is 78.7 cm³/mol. The van der Waals surface area contributed by atoms with Gasteiger partial charge in [-0.05, 0) is 30.5 Å². The molecule has 1 heterocycles. The minimum atomic E-state index is -0.771. The van der Waals surface area contributed by atoms with Crippen molar-refractivity contribution in [2.45, 2.75) is 19.3 Å².